The van der Waals surface area contributed by atoms with E-state index in [2.05, 4.69) is 31.4 Å². The average molecular weight is 485 g/mol. The van der Waals surface area contributed by atoms with Gasteiger partial charge in [-0.1, -0.05) is 28.1 Å². The third kappa shape index (κ3) is 3.99. The minimum atomic E-state index is -0.519. The largest absolute Gasteiger partial charge is 0.455 e. The van der Waals surface area contributed by atoms with Gasteiger partial charge >= 0.3 is 5.69 Å². The van der Waals surface area contributed by atoms with Crippen molar-refractivity contribution in [1.82, 2.24) is 24.1 Å². The molecular weight excluding hydrogens is 468 g/mol. The minimum Gasteiger partial charge on any atom is -0.455 e. The molecule has 31 heavy (non-hydrogen) atoms. The number of rotatable bonds is 5. The van der Waals surface area contributed by atoms with Crippen molar-refractivity contribution >= 4 is 39.2 Å². The van der Waals surface area contributed by atoms with Gasteiger partial charge in [-0.05, 0) is 24.3 Å². The van der Waals surface area contributed by atoms with Crippen LogP contribution in [-0.2, 0) is 25.4 Å². The Hall–Kier alpha value is -3.73. The number of fused-ring (bicyclic) bond motifs is 1. The molecule has 0 aliphatic heterocycles. The zero-order chi connectivity index (χ0) is 22.1. The van der Waals surface area contributed by atoms with Crippen molar-refractivity contribution in [3.63, 3.8) is 0 Å². The van der Waals surface area contributed by atoms with E-state index in [4.69, 9.17) is 4.42 Å². The molecule has 0 unspecified atom stereocenters. The van der Waals surface area contributed by atoms with E-state index >= 15 is 0 Å². The van der Waals surface area contributed by atoms with Gasteiger partial charge in [0.15, 0.2) is 5.52 Å². The first-order chi connectivity index (χ1) is 14.8. The third-order valence-corrected chi connectivity index (χ3v) is 5.13. The van der Waals surface area contributed by atoms with E-state index in [0.717, 1.165) is 14.6 Å². The summed E-state index contributed by atoms with van der Waals surface area (Å²) in [6.45, 7) is -0.171. The van der Waals surface area contributed by atoms with Crippen molar-refractivity contribution in [2.45, 2.75) is 6.54 Å². The Bertz CT molecular complexity index is 1440. The number of hydrazone groups is 1. The number of hydrogen-bond acceptors (Lipinski definition) is 6. The lowest BCUT2D eigenvalue weighted by Gasteiger charge is -2.07. The second kappa shape index (κ2) is 8.19. The molecule has 1 amide bonds. The first-order valence-electron chi connectivity index (χ1n) is 9.13. The molecule has 0 fully saturated rings. The van der Waals surface area contributed by atoms with Gasteiger partial charge in [-0.25, -0.2) is 15.2 Å². The molecule has 3 aromatic heterocycles. The van der Waals surface area contributed by atoms with E-state index in [1.165, 1.54) is 35.8 Å². The standard InChI is InChI=1S/C20H17BrN6O4/c1-25-18-17(19(29)26(2)20(25)30)22-11-27(18)10-16(28)24-23-9-14-6-7-15(31-14)12-4-3-5-13(21)8-12/h3-9,11H,10H2,1-2H3,(H,24,28)/b23-9-. The second-order valence-electron chi connectivity index (χ2n) is 6.76. The molecule has 11 heteroatoms. The van der Waals surface area contributed by atoms with E-state index < -0.39 is 17.2 Å². The van der Waals surface area contributed by atoms with Crippen LogP contribution in [0, 0.1) is 0 Å². The van der Waals surface area contributed by atoms with E-state index in [9.17, 15) is 14.4 Å². The predicted molar refractivity (Wildman–Crippen MR) is 118 cm³/mol. The Morgan fingerprint density at radius 3 is 2.81 bits per heavy atom. The van der Waals surface area contributed by atoms with Gasteiger partial charge in [0, 0.05) is 24.1 Å². The highest BCUT2D eigenvalue weighted by Gasteiger charge is 2.15. The zero-order valence-electron chi connectivity index (χ0n) is 16.6. The van der Waals surface area contributed by atoms with Crippen LogP contribution in [-0.4, -0.2) is 30.8 Å². The lowest BCUT2D eigenvalue weighted by atomic mass is 10.2. The quantitative estimate of drug-likeness (QED) is 0.341. The van der Waals surface area contributed by atoms with Crippen LogP contribution < -0.4 is 16.7 Å². The third-order valence-electron chi connectivity index (χ3n) is 4.64. The summed E-state index contributed by atoms with van der Waals surface area (Å²) in [5, 5.41) is 3.90. The average Bonchev–Trinajstić information content (AvgIpc) is 3.38. The number of imidazole rings is 1. The highest BCUT2D eigenvalue weighted by molar-refractivity contribution is 9.10. The van der Waals surface area contributed by atoms with Gasteiger partial charge in [0.05, 0.1) is 12.5 Å². The topological polar surface area (TPSA) is 116 Å². The highest BCUT2D eigenvalue weighted by atomic mass is 79.9. The van der Waals surface area contributed by atoms with Crippen molar-refractivity contribution in [2.24, 2.45) is 19.2 Å². The molecule has 4 rings (SSSR count). The summed E-state index contributed by atoms with van der Waals surface area (Å²) in [7, 11) is 2.89. The van der Waals surface area contributed by atoms with Crippen molar-refractivity contribution in [1.29, 1.82) is 0 Å². The fourth-order valence-corrected chi connectivity index (χ4v) is 3.53. The Morgan fingerprint density at radius 2 is 2.03 bits per heavy atom. The Balaban J connectivity index is 1.46. The monoisotopic (exact) mass is 484 g/mol. The van der Waals surface area contributed by atoms with Crippen LogP contribution in [0.5, 0.6) is 0 Å². The number of nitrogens with one attached hydrogen (secondary N) is 1. The SMILES string of the molecule is Cn1c(=O)c2ncn(CC(=O)N/N=C\c3ccc(-c4cccc(Br)c4)o3)c2n(C)c1=O. The van der Waals surface area contributed by atoms with Crippen molar-refractivity contribution in [3.05, 3.63) is 73.8 Å². The van der Waals surface area contributed by atoms with Gasteiger partial charge in [0.25, 0.3) is 11.5 Å². The number of halogens is 1. The molecule has 3 heterocycles. The number of aromatic nitrogens is 4. The molecule has 0 saturated heterocycles. The minimum absolute atomic E-state index is 0.108. The molecule has 0 atom stereocenters. The summed E-state index contributed by atoms with van der Waals surface area (Å²) in [6, 6.07) is 11.2. The molecule has 1 aromatic carbocycles. The van der Waals surface area contributed by atoms with E-state index in [1.807, 2.05) is 30.3 Å². The molecule has 0 saturated carbocycles. The normalized spacial score (nSPS) is 11.5. The molecule has 0 radical (unpaired) electrons. The predicted octanol–water partition coefficient (Wildman–Crippen LogP) is 1.61. The van der Waals surface area contributed by atoms with Crippen molar-refractivity contribution < 1.29 is 9.21 Å². The van der Waals surface area contributed by atoms with Crippen LogP contribution in [0.4, 0.5) is 0 Å². The summed E-state index contributed by atoms with van der Waals surface area (Å²) in [5.41, 5.74) is 2.65. The summed E-state index contributed by atoms with van der Waals surface area (Å²) in [5.74, 6) is 0.679. The first kappa shape index (κ1) is 20.5. The molecule has 0 spiro atoms. The van der Waals surface area contributed by atoms with Crippen LogP contribution in [0.2, 0.25) is 0 Å². The fourth-order valence-electron chi connectivity index (χ4n) is 3.13. The van der Waals surface area contributed by atoms with Gasteiger partial charge < -0.3 is 8.98 Å². The second-order valence-corrected chi connectivity index (χ2v) is 7.67. The number of nitrogens with zero attached hydrogens (tertiary/aromatic N) is 5. The molecule has 0 aliphatic rings. The van der Waals surface area contributed by atoms with Crippen LogP contribution in [0.25, 0.3) is 22.5 Å². The Morgan fingerprint density at radius 1 is 1.23 bits per heavy atom. The number of carbonyl (C=O) groups excluding carboxylic acids is 1. The van der Waals surface area contributed by atoms with Gasteiger partial charge in [0.1, 0.15) is 23.7 Å². The summed E-state index contributed by atoms with van der Waals surface area (Å²) in [4.78, 5) is 40.6. The van der Waals surface area contributed by atoms with Crippen LogP contribution >= 0.6 is 15.9 Å². The fraction of sp³-hybridized carbons (Fsp3) is 0.150. The summed E-state index contributed by atoms with van der Waals surface area (Å²) < 4.78 is 10.3. The maximum Gasteiger partial charge on any atom is 0.332 e. The smallest absolute Gasteiger partial charge is 0.332 e. The van der Waals surface area contributed by atoms with E-state index in [1.54, 1.807) is 6.07 Å². The van der Waals surface area contributed by atoms with Crippen molar-refractivity contribution in [2.75, 3.05) is 0 Å². The maximum atomic E-state index is 12.3. The number of carbonyl (C=O) groups is 1. The highest BCUT2D eigenvalue weighted by Crippen LogP contribution is 2.24. The zero-order valence-corrected chi connectivity index (χ0v) is 18.2. The lowest BCUT2D eigenvalue weighted by molar-refractivity contribution is -0.121. The maximum absolute atomic E-state index is 12.3. The molecule has 10 nitrogen and oxygen atoms in total. The van der Waals surface area contributed by atoms with Gasteiger partial charge in [-0.2, -0.15) is 5.10 Å². The molecule has 0 bridgehead atoms. The molecular formula is C20H17BrN6O4. The summed E-state index contributed by atoms with van der Waals surface area (Å²) in [6.07, 6.45) is 2.72. The van der Waals surface area contributed by atoms with Crippen molar-refractivity contribution in [3.8, 4) is 11.3 Å². The summed E-state index contributed by atoms with van der Waals surface area (Å²) >= 11 is 3.42. The molecule has 0 aliphatic carbocycles. The number of hydrogen-bond donors (Lipinski definition) is 1. The number of furan rings is 1. The molecule has 158 valence electrons. The van der Waals surface area contributed by atoms with Gasteiger partial charge in [-0.15, -0.1) is 0 Å². The number of aryl methyl sites for hydroxylation is 1. The van der Waals surface area contributed by atoms with Crippen LogP contribution in [0.15, 0.2) is 66.3 Å². The van der Waals surface area contributed by atoms with Crippen LogP contribution in [0.1, 0.15) is 5.76 Å². The molecule has 4 aromatic rings. The Labute approximate surface area is 183 Å². The first-order valence-corrected chi connectivity index (χ1v) is 9.93. The van der Waals surface area contributed by atoms with E-state index in [-0.39, 0.29) is 17.7 Å². The lowest BCUT2D eigenvalue weighted by Crippen LogP contribution is -2.37. The van der Waals surface area contributed by atoms with Crippen LogP contribution in [0.3, 0.4) is 0 Å². The Kier molecular flexibility index (Phi) is 5.42. The van der Waals surface area contributed by atoms with Gasteiger partial charge in [-0.3, -0.25) is 18.7 Å². The number of benzene rings is 1. The molecule has 1 N–H and O–H groups in total. The van der Waals surface area contributed by atoms with E-state index in [0.29, 0.717) is 11.5 Å². The van der Waals surface area contributed by atoms with Gasteiger partial charge in [0.2, 0.25) is 0 Å². The number of amides is 1.